The molecule has 0 amide bonds. The highest BCUT2D eigenvalue weighted by Gasteiger charge is 2.19. The van der Waals surface area contributed by atoms with Crippen LogP contribution in [0.5, 0.6) is 0 Å². The second kappa shape index (κ2) is 8.33. The second-order valence-electron chi connectivity index (χ2n) is 7.38. The fraction of sp³-hybridized carbons (Fsp3) is 0.417. The van der Waals surface area contributed by atoms with E-state index in [1.807, 2.05) is 0 Å². The van der Waals surface area contributed by atoms with Crippen molar-refractivity contribution in [3.8, 4) is 11.1 Å². The van der Waals surface area contributed by atoms with Crippen LogP contribution in [-0.4, -0.2) is 0 Å². The van der Waals surface area contributed by atoms with Crippen molar-refractivity contribution in [2.75, 3.05) is 0 Å². The van der Waals surface area contributed by atoms with Crippen molar-refractivity contribution in [1.82, 2.24) is 0 Å². The Morgan fingerprint density at radius 3 is 2.00 bits per heavy atom. The van der Waals surface area contributed by atoms with Gasteiger partial charge in [0.1, 0.15) is 0 Å². The lowest BCUT2D eigenvalue weighted by atomic mass is 9.79. The summed E-state index contributed by atoms with van der Waals surface area (Å²) in [6, 6.07) is 18.4. The summed E-state index contributed by atoms with van der Waals surface area (Å²) in [6.07, 6.45) is 12.1. The van der Waals surface area contributed by atoms with E-state index in [9.17, 15) is 0 Å². The third kappa shape index (κ3) is 4.38. The summed E-state index contributed by atoms with van der Waals surface area (Å²) >= 11 is 0. The maximum absolute atomic E-state index is 2.39. The van der Waals surface area contributed by atoms with Crippen molar-refractivity contribution in [3.05, 3.63) is 71.8 Å². The minimum atomic E-state index is 0.782. The zero-order chi connectivity index (χ0) is 16.8. The summed E-state index contributed by atoms with van der Waals surface area (Å²) in [5.41, 5.74) is 5.62. The lowest BCUT2D eigenvalue weighted by Gasteiger charge is -2.26. The highest BCUT2D eigenvalue weighted by molar-refractivity contribution is 5.64. The first-order valence-electron chi connectivity index (χ1n) is 9.56. The second-order valence-corrected chi connectivity index (χ2v) is 7.38. The Bertz CT molecular complexity index is 637. The van der Waals surface area contributed by atoms with Crippen molar-refractivity contribution in [2.24, 2.45) is 5.92 Å². The van der Waals surface area contributed by atoms with Gasteiger partial charge < -0.3 is 0 Å². The van der Waals surface area contributed by atoms with Gasteiger partial charge in [-0.1, -0.05) is 80.4 Å². The Kier molecular flexibility index (Phi) is 5.91. The topological polar surface area (TPSA) is 0 Å². The van der Waals surface area contributed by atoms with E-state index < -0.39 is 0 Å². The van der Waals surface area contributed by atoms with Gasteiger partial charge in [-0.25, -0.2) is 0 Å². The summed E-state index contributed by atoms with van der Waals surface area (Å²) in [6.45, 7) is 4.47. The van der Waals surface area contributed by atoms with E-state index in [4.69, 9.17) is 0 Å². The molecule has 1 aliphatic rings. The Balaban J connectivity index is 1.64. The molecule has 0 heterocycles. The Labute approximate surface area is 147 Å². The maximum Gasteiger partial charge on any atom is -0.0162 e. The molecule has 0 bridgehead atoms. The van der Waals surface area contributed by atoms with Crippen LogP contribution in [0.15, 0.2) is 60.7 Å². The molecule has 1 saturated carbocycles. The zero-order valence-electron chi connectivity index (χ0n) is 15.2. The zero-order valence-corrected chi connectivity index (χ0v) is 15.2. The molecule has 0 aromatic heterocycles. The third-order valence-corrected chi connectivity index (χ3v) is 5.52. The van der Waals surface area contributed by atoms with Gasteiger partial charge in [-0.3, -0.25) is 0 Å². The van der Waals surface area contributed by atoms with Crippen LogP contribution in [0.2, 0.25) is 0 Å². The number of benzene rings is 2. The molecular formula is C24H30. The molecule has 2 aromatic carbocycles. The summed E-state index contributed by atoms with van der Waals surface area (Å²) in [4.78, 5) is 0. The predicted octanol–water partition coefficient (Wildman–Crippen LogP) is 7.16. The molecule has 3 rings (SSSR count). The minimum Gasteiger partial charge on any atom is -0.0917 e. The van der Waals surface area contributed by atoms with Crippen molar-refractivity contribution in [2.45, 2.75) is 58.3 Å². The van der Waals surface area contributed by atoms with Crippen molar-refractivity contribution >= 4 is 0 Å². The smallest absolute Gasteiger partial charge is 0.0162 e. The standard InChI is InChI=1S/C24H30/c1-3-4-5-6-20-9-13-22(14-10-20)24-17-15-23(16-18-24)21-11-7-19(2)8-12-21/h3-4,9-10,13-19,21H,5-8,11-12H2,1-2H3/b4-3+. The van der Waals surface area contributed by atoms with E-state index in [0.29, 0.717) is 0 Å². The molecule has 24 heavy (non-hydrogen) atoms. The number of aryl methyl sites for hydroxylation is 1. The first-order chi connectivity index (χ1) is 11.8. The van der Waals surface area contributed by atoms with Crippen LogP contribution in [0.4, 0.5) is 0 Å². The van der Waals surface area contributed by atoms with Crippen molar-refractivity contribution < 1.29 is 0 Å². The highest BCUT2D eigenvalue weighted by Crippen LogP contribution is 2.36. The predicted molar refractivity (Wildman–Crippen MR) is 105 cm³/mol. The van der Waals surface area contributed by atoms with Crippen LogP contribution in [0.25, 0.3) is 11.1 Å². The van der Waals surface area contributed by atoms with Crippen LogP contribution in [-0.2, 0) is 6.42 Å². The summed E-state index contributed by atoms with van der Waals surface area (Å²) < 4.78 is 0. The molecule has 0 atom stereocenters. The Hall–Kier alpha value is -1.82. The molecular weight excluding hydrogens is 288 g/mol. The molecule has 0 spiro atoms. The Morgan fingerprint density at radius 2 is 1.42 bits per heavy atom. The van der Waals surface area contributed by atoms with Gasteiger partial charge in [0.2, 0.25) is 0 Å². The van der Waals surface area contributed by atoms with Crippen LogP contribution in [0, 0.1) is 5.92 Å². The maximum atomic E-state index is 2.39. The van der Waals surface area contributed by atoms with Crippen molar-refractivity contribution in [3.63, 3.8) is 0 Å². The monoisotopic (exact) mass is 318 g/mol. The molecule has 0 nitrogen and oxygen atoms in total. The van der Waals surface area contributed by atoms with Gasteiger partial charge in [-0.2, -0.15) is 0 Å². The van der Waals surface area contributed by atoms with Gasteiger partial charge in [-0.15, -0.1) is 0 Å². The van der Waals surface area contributed by atoms with Crippen LogP contribution < -0.4 is 0 Å². The van der Waals surface area contributed by atoms with Gasteiger partial charge in [0, 0.05) is 0 Å². The molecule has 0 radical (unpaired) electrons. The van der Waals surface area contributed by atoms with E-state index in [1.165, 1.54) is 47.9 Å². The van der Waals surface area contributed by atoms with Crippen LogP contribution in [0.3, 0.4) is 0 Å². The van der Waals surface area contributed by atoms with Gasteiger partial charge in [0.15, 0.2) is 0 Å². The average molecular weight is 319 g/mol. The lowest BCUT2D eigenvalue weighted by Crippen LogP contribution is -2.10. The fourth-order valence-electron chi connectivity index (χ4n) is 3.82. The van der Waals surface area contributed by atoms with E-state index >= 15 is 0 Å². The number of rotatable bonds is 5. The summed E-state index contributed by atoms with van der Waals surface area (Å²) in [5.74, 6) is 1.70. The highest BCUT2D eigenvalue weighted by atomic mass is 14.2. The molecule has 0 unspecified atom stereocenters. The third-order valence-electron chi connectivity index (χ3n) is 5.52. The molecule has 1 fully saturated rings. The van der Waals surface area contributed by atoms with E-state index in [-0.39, 0.29) is 0 Å². The SMILES string of the molecule is C/C=C/CCc1ccc(-c2ccc(C3CCC(C)CC3)cc2)cc1. The largest absolute Gasteiger partial charge is 0.0917 e. The average Bonchev–Trinajstić information content (AvgIpc) is 2.63. The fourth-order valence-corrected chi connectivity index (χ4v) is 3.82. The van der Waals surface area contributed by atoms with Gasteiger partial charge >= 0.3 is 0 Å². The van der Waals surface area contributed by atoms with Crippen LogP contribution in [0.1, 0.15) is 63.0 Å². The molecule has 0 heteroatoms. The molecule has 1 aliphatic carbocycles. The van der Waals surface area contributed by atoms with Crippen molar-refractivity contribution in [1.29, 1.82) is 0 Å². The lowest BCUT2D eigenvalue weighted by molar-refractivity contribution is 0.348. The van der Waals surface area contributed by atoms with Gasteiger partial charge in [0.25, 0.3) is 0 Å². The van der Waals surface area contributed by atoms with E-state index in [2.05, 4.69) is 74.5 Å². The van der Waals surface area contributed by atoms with Crippen LogP contribution >= 0.6 is 0 Å². The van der Waals surface area contributed by atoms with E-state index in [1.54, 1.807) is 0 Å². The molecule has 126 valence electrons. The van der Waals surface area contributed by atoms with Gasteiger partial charge in [0.05, 0.1) is 0 Å². The molecule has 0 N–H and O–H groups in total. The first-order valence-corrected chi connectivity index (χ1v) is 9.56. The minimum absolute atomic E-state index is 0.782. The summed E-state index contributed by atoms with van der Waals surface area (Å²) in [5, 5.41) is 0. The quantitative estimate of drug-likeness (QED) is 0.513. The number of hydrogen-bond donors (Lipinski definition) is 0. The van der Waals surface area contributed by atoms with Gasteiger partial charge in [-0.05, 0) is 66.7 Å². The Morgan fingerprint density at radius 1 is 0.833 bits per heavy atom. The molecule has 0 aliphatic heterocycles. The summed E-state index contributed by atoms with van der Waals surface area (Å²) in [7, 11) is 0. The molecule has 2 aromatic rings. The molecule has 0 saturated heterocycles. The van der Waals surface area contributed by atoms with E-state index in [0.717, 1.165) is 24.7 Å². The first kappa shape index (κ1) is 17.0. The number of allylic oxidation sites excluding steroid dienone is 2. The number of hydrogen-bond acceptors (Lipinski definition) is 0. The normalized spacial score (nSPS) is 21.2.